The highest BCUT2D eigenvalue weighted by molar-refractivity contribution is 7.89. The molecule has 0 aliphatic heterocycles. The van der Waals surface area contributed by atoms with Crippen molar-refractivity contribution in [3.8, 4) is 0 Å². The number of sulfonamides is 1. The lowest BCUT2D eigenvalue weighted by Crippen LogP contribution is -2.19. The van der Waals surface area contributed by atoms with Gasteiger partial charge in [-0.05, 0) is 67.7 Å². The molecule has 0 aliphatic rings. The summed E-state index contributed by atoms with van der Waals surface area (Å²) in [5.41, 5.74) is 1.37. The van der Waals surface area contributed by atoms with E-state index in [1.54, 1.807) is 36.4 Å². The predicted molar refractivity (Wildman–Crippen MR) is 104 cm³/mol. The van der Waals surface area contributed by atoms with Gasteiger partial charge in [-0.15, -0.1) is 0 Å². The van der Waals surface area contributed by atoms with Crippen molar-refractivity contribution in [3.63, 3.8) is 0 Å². The molecule has 0 aliphatic carbocycles. The van der Waals surface area contributed by atoms with E-state index in [4.69, 9.17) is 4.42 Å². The second-order valence-electron chi connectivity index (χ2n) is 5.69. The van der Waals surface area contributed by atoms with Gasteiger partial charge in [0, 0.05) is 16.9 Å². The van der Waals surface area contributed by atoms with Crippen molar-refractivity contribution in [1.29, 1.82) is 0 Å². The average Bonchev–Trinajstić information content (AvgIpc) is 3.24. The molecule has 0 fully saturated rings. The van der Waals surface area contributed by atoms with Crippen LogP contribution >= 0.6 is 0 Å². The van der Waals surface area contributed by atoms with Crippen molar-refractivity contribution >= 4 is 33.2 Å². The van der Waals surface area contributed by atoms with Crippen LogP contribution in [-0.4, -0.2) is 27.3 Å². The molecule has 0 unspecified atom stereocenters. The fraction of sp³-hybridized carbons (Fsp3) is 0.0526. The summed E-state index contributed by atoms with van der Waals surface area (Å²) in [7, 11) is -2.24. The largest absolute Gasteiger partial charge is 0.459 e. The Morgan fingerprint density at radius 1 is 0.821 bits per heavy atom. The highest BCUT2D eigenvalue weighted by Crippen LogP contribution is 2.17. The highest BCUT2D eigenvalue weighted by atomic mass is 32.2. The summed E-state index contributed by atoms with van der Waals surface area (Å²) in [5.74, 6) is -0.569. The number of amides is 2. The van der Waals surface area contributed by atoms with Gasteiger partial charge in [-0.25, -0.2) is 13.1 Å². The van der Waals surface area contributed by atoms with Crippen molar-refractivity contribution in [1.82, 2.24) is 4.72 Å². The molecule has 9 heteroatoms. The third-order valence-corrected chi connectivity index (χ3v) is 5.27. The Kier molecular flexibility index (Phi) is 5.57. The molecule has 1 heterocycles. The molecule has 0 saturated carbocycles. The summed E-state index contributed by atoms with van der Waals surface area (Å²) in [6.45, 7) is 0. The Bertz CT molecular complexity index is 1070. The first-order valence-corrected chi connectivity index (χ1v) is 9.67. The first-order chi connectivity index (χ1) is 13.4. The monoisotopic (exact) mass is 399 g/mol. The van der Waals surface area contributed by atoms with Crippen LogP contribution in [0.5, 0.6) is 0 Å². The van der Waals surface area contributed by atoms with Crippen LogP contribution in [0.3, 0.4) is 0 Å². The molecule has 144 valence electrons. The summed E-state index contributed by atoms with van der Waals surface area (Å²) >= 11 is 0. The molecule has 8 nitrogen and oxygen atoms in total. The van der Waals surface area contributed by atoms with E-state index in [2.05, 4.69) is 15.4 Å². The number of anilines is 2. The van der Waals surface area contributed by atoms with Gasteiger partial charge >= 0.3 is 0 Å². The van der Waals surface area contributed by atoms with Gasteiger partial charge in [0.2, 0.25) is 10.0 Å². The minimum atomic E-state index is -3.55. The van der Waals surface area contributed by atoms with Gasteiger partial charge in [0.15, 0.2) is 5.76 Å². The zero-order chi connectivity index (χ0) is 20.1. The van der Waals surface area contributed by atoms with Crippen LogP contribution in [-0.2, 0) is 10.0 Å². The van der Waals surface area contributed by atoms with Gasteiger partial charge in [-0.2, -0.15) is 0 Å². The highest BCUT2D eigenvalue weighted by Gasteiger charge is 2.13. The minimum absolute atomic E-state index is 0.0724. The lowest BCUT2D eigenvalue weighted by molar-refractivity contribution is 0.0994. The molecule has 3 rings (SSSR count). The lowest BCUT2D eigenvalue weighted by Gasteiger charge is -2.08. The first kappa shape index (κ1) is 19.3. The summed E-state index contributed by atoms with van der Waals surface area (Å²) in [4.78, 5) is 24.3. The van der Waals surface area contributed by atoms with Gasteiger partial charge in [-0.3, -0.25) is 9.59 Å². The summed E-state index contributed by atoms with van der Waals surface area (Å²) < 4.78 is 30.6. The SMILES string of the molecule is CNS(=O)(=O)c1ccc(C(=O)Nc2ccc(NC(=O)c3ccco3)cc2)cc1. The van der Waals surface area contributed by atoms with Crippen molar-refractivity contribution in [2.24, 2.45) is 0 Å². The molecular formula is C19H17N3O5S. The third kappa shape index (κ3) is 4.45. The van der Waals surface area contributed by atoms with E-state index in [9.17, 15) is 18.0 Å². The van der Waals surface area contributed by atoms with Crippen molar-refractivity contribution in [2.45, 2.75) is 4.90 Å². The topological polar surface area (TPSA) is 118 Å². The second kappa shape index (κ2) is 8.07. The Balaban J connectivity index is 1.63. The van der Waals surface area contributed by atoms with Crippen molar-refractivity contribution < 1.29 is 22.4 Å². The fourth-order valence-electron chi connectivity index (χ4n) is 2.34. The van der Waals surface area contributed by atoms with Gasteiger partial charge in [0.25, 0.3) is 11.8 Å². The third-order valence-electron chi connectivity index (χ3n) is 3.84. The number of hydrogen-bond acceptors (Lipinski definition) is 5. The van der Waals surface area contributed by atoms with Crippen molar-refractivity contribution in [2.75, 3.05) is 17.7 Å². The molecule has 0 saturated heterocycles. The van der Waals surface area contributed by atoms with E-state index in [1.165, 1.54) is 37.6 Å². The Labute approximate surface area is 161 Å². The van der Waals surface area contributed by atoms with Crippen molar-refractivity contribution in [3.05, 3.63) is 78.3 Å². The molecule has 2 aromatic carbocycles. The molecule has 0 radical (unpaired) electrons. The summed E-state index contributed by atoms with van der Waals surface area (Å²) in [6, 6.07) is 15.3. The quantitative estimate of drug-likeness (QED) is 0.589. The molecule has 0 spiro atoms. The Hall–Kier alpha value is -3.43. The predicted octanol–water partition coefficient (Wildman–Crippen LogP) is 2.69. The summed E-state index contributed by atoms with van der Waals surface area (Å²) in [6.07, 6.45) is 1.41. The van der Waals surface area contributed by atoms with Crippen LogP contribution in [0.15, 0.2) is 76.2 Å². The fourth-order valence-corrected chi connectivity index (χ4v) is 3.07. The molecule has 3 aromatic rings. The standard InChI is InChI=1S/C19H17N3O5S/c1-20-28(25,26)16-10-4-13(5-11-16)18(23)21-14-6-8-15(9-7-14)22-19(24)17-3-2-12-27-17/h2-12,20H,1H3,(H,21,23)(H,22,24). The van der Waals surface area contributed by atoms with E-state index >= 15 is 0 Å². The lowest BCUT2D eigenvalue weighted by atomic mass is 10.2. The van der Waals surface area contributed by atoms with E-state index in [0.29, 0.717) is 16.9 Å². The molecular weight excluding hydrogens is 382 g/mol. The molecule has 2 amide bonds. The molecule has 0 bridgehead atoms. The van der Waals surface area contributed by atoms with Crippen LogP contribution < -0.4 is 15.4 Å². The number of benzene rings is 2. The molecule has 3 N–H and O–H groups in total. The zero-order valence-corrected chi connectivity index (χ0v) is 15.6. The minimum Gasteiger partial charge on any atom is -0.459 e. The van der Waals surface area contributed by atoms with E-state index < -0.39 is 10.0 Å². The van der Waals surface area contributed by atoms with E-state index in [0.717, 1.165) is 0 Å². The smallest absolute Gasteiger partial charge is 0.291 e. The number of carbonyl (C=O) groups is 2. The Morgan fingerprint density at radius 2 is 1.39 bits per heavy atom. The van der Waals surface area contributed by atoms with Gasteiger partial charge < -0.3 is 15.1 Å². The first-order valence-electron chi connectivity index (χ1n) is 8.19. The van der Waals surface area contributed by atoms with Crippen LogP contribution in [0.2, 0.25) is 0 Å². The van der Waals surface area contributed by atoms with Crippen LogP contribution in [0, 0.1) is 0 Å². The second-order valence-corrected chi connectivity index (χ2v) is 7.58. The van der Waals surface area contributed by atoms with Gasteiger partial charge in [0.1, 0.15) is 0 Å². The van der Waals surface area contributed by atoms with E-state index in [1.807, 2.05) is 0 Å². The van der Waals surface area contributed by atoms with Crippen LogP contribution in [0.1, 0.15) is 20.9 Å². The molecule has 1 aromatic heterocycles. The maximum absolute atomic E-state index is 12.3. The molecule has 28 heavy (non-hydrogen) atoms. The number of hydrogen-bond donors (Lipinski definition) is 3. The molecule has 0 atom stereocenters. The van der Waals surface area contributed by atoms with Crippen LogP contribution in [0.4, 0.5) is 11.4 Å². The normalized spacial score (nSPS) is 11.0. The average molecular weight is 399 g/mol. The Morgan fingerprint density at radius 3 is 1.89 bits per heavy atom. The maximum Gasteiger partial charge on any atom is 0.291 e. The van der Waals surface area contributed by atoms with Crippen LogP contribution in [0.25, 0.3) is 0 Å². The van der Waals surface area contributed by atoms with E-state index in [-0.39, 0.29) is 22.5 Å². The zero-order valence-electron chi connectivity index (χ0n) is 14.8. The number of carbonyl (C=O) groups excluding carboxylic acids is 2. The van der Waals surface area contributed by atoms with Gasteiger partial charge in [-0.1, -0.05) is 0 Å². The number of nitrogens with one attached hydrogen (secondary N) is 3. The number of rotatable bonds is 6. The summed E-state index contributed by atoms with van der Waals surface area (Å²) in [5, 5.41) is 5.38. The van der Waals surface area contributed by atoms with Gasteiger partial charge in [0.05, 0.1) is 11.2 Å². The maximum atomic E-state index is 12.3. The number of furan rings is 1.